The summed E-state index contributed by atoms with van der Waals surface area (Å²) in [6.07, 6.45) is 0. The number of rotatable bonds is 3. The van der Waals surface area contributed by atoms with Gasteiger partial charge in [-0.1, -0.05) is 23.7 Å². The number of hydrogen-bond acceptors (Lipinski definition) is 2. The van der Waals surface area contributed by atoms with E-state index in [1.165, 1.54) is 0 Å². The molecule has 0 spiro atoms. The Morgan fingerprint density at radius 2 is 2.08 bits per heavy atom. The Labute approximate surface area is 78.1 Å². The van der Waals surface area contributed by atoms with E-state index in [0.717, 1.165) is 17.3 Å². The van der Waals surface area contributed by atoms with Gasteiger partial charge in [0.05, 0.1) is 10.7 Å². The van der Waals surface area contributed by atoms with Gasteiger partial charge in [0.2, 0.25) is 0 Å². The van der Waals surface area contributed by atoms with E-state index in [-0.39, 0.29) is 0 Å². The summed E-state index contributed by atoms with van der Waals surface area (Å²) >= 11 is 5.99. The molecule has 1 rings (SSSR count). The van der Waals surface area contributed by atoms with Crippen molar-refractivity contribution in [3.63, 3.8) is 0 Å². The third-order valence-corrected chi connectivity index (χ3v) is 2.05. The van der Waals surface area contributed by atoms with Crippen LogP contribution in [0.2, 0.25) is 5.02 Å². The summed E-state index contributed by atoms with van der Waals surface area (Å²) in [7, 11) is 1.88. The minimum atomic E-state index is 0.772. The Hall–Kier alpha value is -0.730. The van der Waals surface area contributed by atoms with Crippen molar-refractivity contribution in [3.05, 3.63) is 29.3 Å². The van der Waals surface area contributed by atoms with Crippen molar-refractivity contribution in [3.8, 4) is 0 Å². The molecule has 0 aliphatic carbocycles. The Morgan fingerprint density at radius 3 is 2.58 bits per heavy atom. The van der Waals surface area contributed by atoms with Crippen LogP contribution in [0.3, 0.4) is 0 Å². The van der Waals surface area contributed by atoms with Crippen molar-refractivity contribution in [2.75, 3.05) is 18.6 Å². The first-order chi connectivity index (χ1) is 5.79. The van der Waals surface area contributed by atoms with E-state index in [2.05, 4.69) is 12.3 Å². The van der Waals surface area contributed by atoms with Gasteiger partial charge < -0.3 is 5.01 Å². The van der Waals surface area contributed by atoms with Crippen LogP contribution in [0.1, 0.15) is 6.92 Å². The van der Waals surface area contributed by atoms with Gasteiger partial charge in [0, 0.05) is 13.6 Å². The van der Waals surface area contributed by atoms with Crippen molar-refractivity contribution in [1.29, 1.82) is 0 Å². The van der Waals surface area contributed by atoms with Crippen molar-refractivity contribution in [2.45, 2.75) is 6.92 Å². The maximum Gasteiger partial charge on any atom is 0.0705 e. The average Bonchev–Trinajstić information content (AvgIpc) is 2.10. The second kappa shape index (κ2) is 4.33. The topological polar surface area (TPSA) is 15.3 Å². The number of nitrogens with one attached hydrogen (secondary N) is 1. The van der Waals surface area contributed by atoms with Crippen LogP contribution in [-0.4, -0.2) is 13.6 Å². The molecule has 0 aromatic heterocycles. The fraction of sp³-hybridized carbons (Fsp3) is 0.333. The average molecular weight is 185 g/mol. The summed E-state index contributed by atoms with van der Waals surface area (Å²) in [5, 5.41) is 2.76. The summed E-state index contributed by atoms with van der Waals surface area (Å²) in [6, 6.07) is 7.77. The predicted octanol–water partition coefficient (Wildman–Crippen LogP) is 2.30. The van der Waals surface area contributed by atoms with Gasteiger partial charge in [0.25, 0.3) is 0 Å². The summed E-state index contributed by atoms with van der Waals surface area (Å²) in [5.41, 5.74) is 4.08. The van der Waals surface area contributed by atoms with Crippen LogP contribution in [0.25, 0.3) is 0 Å². The van der Waals surface area contributed by atoms with Gasteiger partial charge >= 0.3 is 0 Å². The smallest absolute Gasteiger partial charge is 0.0705 e. The maximum atomic E-state index is 5.99. The molecule has 0 atom stereocenters. The van der Waals surface area contributed by atoms with E-state index >= 15 is 0 Å². The monoisotopic (exact) mass is 184 g/mol. The lowest BCUT2D eigenvalue weighted by molar-refractivity contribution is 0.727. The predicted molar refractivity (Wildman–Crippen MR) is 53.5 cm³/mol. The molecule has 0 amide bonds. The van der Waals surface area contributed by atoms with E-state index < -0.39 is 0 Å². The number of nitrogens with zero attached hydrogens (tertiary/aromatic N) is 1. The van der Waals surface area contributed by atoms with Crippen molar-refractivity contribution >= 4 is 17.3 Å². The highest BCUT2D eigenvalue weighted by molar-refractivity contribution is 6.33. The number of para-hydroxylation sites is 1. The van der Waals surface area contributed by atoms with Gasteiger partial charge in [-0.15, -0.1) is 0 Å². The molecule has 0 aliphatic heterocycles. The van der Waals surface area contributed by atoms with Crippen LogP contribution in [-0.2, 0) is 0 Å². The number of halogens is 1. The second-order valence-electron chi connectivity index (χ2n) is 2.42. The quantitative estimate of drug-likeness (QED) is 0.726. The Bertz CT molecular complexity index is 246. The van der Waals surface area contributed by atoms with Crippen LogP contribution < -0.4 is 10.4 Å². The number of hydrazine groups is 1. The maximum absolute atomic E-state index is 5.99. The molecular weight excluding hydrogens is 172 g/mol. The zero-order valence-corrected chi connectivity index (χ0v) is 8.10. The van der Waals surface area contributed by atoms with Crippen LogP contribution in [0.5, 0.6) is 0 Å². The van der Waals surface area contributed by atoms with Gasteiger partial charge in [-0.05, 0) is 19.1 Å². The molecule has 0 saturated heterocycles. The SMILES string of the molecule is CCN(NC)c1ccccc1Cl. The standard InChI is InChI=1S/C9H13ClN2/c1-3-12(11-2)9-7-5-4-6-8(9)10/h4-7,11H,3H2,1-2H3. The minimum Gasteiger partial charge on any atom is -0.307 e. The summed E-state index contributed by atoms with van der Waals surface area (Å²) in [5.74, 6) is 0. The first-order valence-electron chi connectivity index (χ1n) is 3.99. The molecule has 66 valence electrons. The molecule has 0 radical (unpaired) electrons. The van der Waals surface area contributed by atoms with E-state index in [9.17, 15) is 0 Å². The van der Waals surface area contributed by atoms with Crippen LogP contribution in [0.15, 0.2) is 24.3 Å². The molecule has 2 nitrogen and oxygen atoms in total. The highest BCUT2D eigenvalue weighted by Crippen LogP contribution is 2.23. The zero-order chi connectivity index (χ0) is 8.97. The third kappa shape index (κ3) is 1.90. The Kier molecular flexibility index (Phi) is 3.38. The van der Waals surface area contributed by atoms with E-state index in [1.54, 1.807) is 0 Å². The van der Waals surface area contributed by atoms with E-state index in [4.69, 9.17) is 11.6 Å². The molecule has 0 aliphatic rings. The Morgan fingerprint density at radius 1 is 1.42 bits per heavy atom. The van der Waals surface area contributed by atoms with Gasteiger partial charge in [-0.2, -0.15) is 0 Å². The number of benzene rings is 1. The molecule has 1 aromatic rings. The molecule has 0 saturated carbocycles. The normalized spacial score (nSPS) is 9.92. The van der Waals surface area contributed by atoms with Gasteiger partial charge in [0.1, 0.15) is 0 Å². The van der Waals surface area contributed by atoms with Crippen LogP contribution in [0.4, 0.5) is 5.69 Å². The van der Waals surface area contributed by atoms with Crippen molar-refractivity contribution in [1.82, 2.24) is 5.43 Å². The second-order valence-corrected chi connectivity index (χ2v) is 2.83. The van der Waals surface area contributed by atoms with Gasteiger partial charge in [0.15, 0.2) is 0 Å². The fourth-order valence-electron chi connectivity index (χ4n) is 1.12. The third-order valence-electron chi connectivity index (χ3n) is 1.73. The van der Waals surface area contributed by atoms with Crippen LogP contribution >= 0.6 is 11.6 Å². The first-order valence-corrected chi connectivity index (χ1v) is 4.36. The minimum absolute atomic E-state index is 0.772. The molecule has 1 N–H and O–H groups in total. The summed E-state index contributed by atoms with van der Waals surface area (Å²) in [4.78, 5) is 0. The highest BCUT2D eigenvalue weighted by Gasteiger charge is 2.04. The summed E-state index contributed by atoms with van der Waals surface area (Å²) in [6.45, 7) is 2.96. The molecule has 0 heterocycles. The van der Waals surface area contributed by atoms with Crippen LogP contribution in [0, 0.1) is 0 Å². The molecular formula is C9H13ClN2. The lowest BCUT2D eigenvalue weighted by Gasteiger charge is -2.22. The van der Waals surface area contributed by atoms with Crippen molar-refractivity contribution < 1.29 is 0 Å². The van der Waals surface area contributed by atoms with Gasteiger partial charge in [-0.3, -0.25) is 0 Å². The van der Waals surface area contributed by atoms with Gasteiger partial charge in [-0.25, -0.2) is 5.43 Å². The highest BCUT2D eigenvalue weighted by atomic mass is 35.5. The zero-order valence-electron chi connectivity index (χ0n) is 7.34. The largest absolute Gasteiger partial charge is 0.307 e. The van der Waals surface area contributed by atoms with E-state index in [1.807, 2.05) is 36.3 Å². The first kappa shape index (κ1) is 9.36. The number of anilines is 1. The molecule has 0 unspecified atom stereocenters. The molecule has 1 aromatic carbocycles. The molecule has 0 fully saturated rings. The van der Waals surface area contributed by atoms with E-state index in [0.29, 0.717) is 0 Å². The van der Waals surface area contributed by atoms with Crippen molar-refractivity contribution in [2.24, 2.45) is 0 Å². The lowest BCUT2D eigenvalue weighted by Crippen LogP contribution is -2.34. The molecule has 12 heavy (non-hydrogen) atoms. The molecule has 3 heteroatoms. The lowest BCUT2D eigenvalue weighted by atomic mass is 10.3. The Balaban J connectivity index is 2.92. The summed E-state index contributed by atoms with van der Waals surface area (Å²) < 4.78 is 0. The number of hydrogen-bond donors (Lipinski definition) is 1. The molecule has 0 bridgehead atoms. The fourth-order valence-corrected chi connectivity index (χ4v) is 1.36.